The van der Waals surface area contributed by atoms with E-state index in [1.54, 1.807) is 49.4 Å². The largest absolute Gasteiger partial charge is 0.423 e. The Balaban J connectivity index is 1.67. The summed E-state index contributed by atoms with van der Waals surface area (Å²) in [5.74, 6) is -0.665. The lowest BCUT2D eigenvalue weighted by Crippen LogP contribution is -2.21. The molecule has 0 atom stereocenters. The highest BCUT2D eigenvalue weighted by atomic mass is 32.1. The highest BCUT2D eigenvalue weighted by molar-refractivity contribution is 7.12. The Morgan fingerprint density at radius 1 is 1.08 bits per heavy atom. The van der Waals surface area contributed by atoms with Crippen molar-refractivity contribution in [1.29, 1.82) is 0 Å². The van der Waals surface area contributed by atoms with Crippen LogP contribution in [0.15, 0.2) is 58.7 Å². The quantitative estimate of drug-likeness (QED) is 0.556. The number of carbonyl (C=O) groups excluding carboxylic acids is 2. The van der Waals surface area contributed by atoms with E-state index in [2.05, 4.69) is 10.3 Å². The minimum Gasteiger partial charge on any atom is -0.423 e. The maximum absolute atomic E-state index is 12.1. The van der Waals surface area contributed by atoms with Crippen LogP contribution in [0.25, 0.3) is 0 Å². The van der Waals surface area contributed by atoms with E-state index in [1.165, 1.54) is 17.4 Å². The molecule has 2 heterocycles. The molecule has 0 aliphatic rings. The van der Waals surface area contributed by atoms with Crippen LogP contribution in [0.1, 0.15) is 25.7 Å². The van der Waals surface area contributed by atoms with Crippen molar-refractivity contribution in [3.8, 4) is 5.75 Å². The number of hydrogen-bond donors (Lipinski definition) is 2. The molecule has 0 radical (unpaired) electrons. The molecule has 2 N–H and O–H groups in total. The highest BCUT2D eigenvalue weighted by Gasteiger charge is 2.13. The zero-order valence-electron chi connectivity index (χ0n) is 13.2. The van der Waals surface area contributed by atoms with E-state index in [0.717, 1.165) is 0 Å². The molecule has 0 spiro atoms. The van der Waals surface area contributed by atoms with E-state index in [9.17, 15) is 14.4 Å². The normalized spacial score (nSPS) is 10.3. The molecule has 25 heavy (non-hydrogen) atoms. The monoisotopic (exact) mass is 354 g/mol. The number of H-pyrrole nitrogens is 1. The van der Waals surface area contributed by atoms with Crippen LogP contribution >= 0.6 is 11.3 Å². The fourth-order valence-electron chi connectivity index (χ4n) is 2.10. The number of aromatic nitrogens is 1. The number of anilines is 1. The number of nitrogens with one attached hydrogen (secondary N) is 2. The molecule has 0 aliphatic heterocycles. The van der Waals surface area contributed by atoms with Gasteiger partial charge in [0.05, 0.1) is 4.88 Å². The second-order valence-corrected chi connectivity index (χ2v) is 6.18. The lowest BCUT2D eigenvalue weighted by molar-refractivity contribution is 0.0732. The maximum atomic E-state index is 12.1. The van der Waals surface area contributed by atoms with Crippen LogP contribution in [0, 0.1) is 6.92 Å². The Hall–Kier alpha value is -3.19. The van der Waals surface area contributed by atoms with Crippen molar-refractivity contribution in [1.82, 2.24) is 4.98 Å². The topological polar surface area (TPSA) is 88.3 Å². The van der Waals surface area contributed by atoms with Crippen LogP contribution in [-0.4, -0.2) is 16.9 Å². The standard InChI is InChI=1S/C18H14N2O4S/c1-11-4-9-14(16(21)19-11)18(23)24-13-7-5-12(6-8-13)20-17(22)15-3-2-10-25-15/h2-10H,1H3,(H,19,21)(H,20,22). The molecule has 0 fully saturated rings. The summed E-state index contributed by atoms with van der Waals surface area (Å²) in [6, 6.07) is 12.9. The van der Waals surface area contributed by atoms with E-state index in [4.69, 9.17) is 4.74 Å². The Labute approximate surface area is 147 Å². The summed E-state index contributed by atoms with van der Waals surface area (Å²) in [5.41, 5.74) is 0.671. The summed E-state index contributed by atoms with van der Waals surface area (Å²) in [6.07, 6.45) is 0. The number of hydrogen-bond acceptors (Lipinski definition) is 5. The zero-order valence-corrected chi connectivity index (χ0v) is 14.1. The van der Waals surface area contributed by atoms with Crippen molar-refractivity contribution in [2.24, 2.45) is 0 Å². The van der Waals surface area contributed by atoms with Gasteiger partial charge in [0.25, 0.3) is 11.5 Å². The van der Waals surface area contributed by atoms with Gasteiger partial charge in [-0.05, 0) is 54.8 Å². The highest BCUT2D eigenvalue weighted by Crippen LogP contribution is 2.18. The first-order valence-electron chi connectivity index (χ1n) is 7.40. The van der Waals surface area contributed by atoms with Crippen molar-refractivity contribution in [2.75, 3.05) is 5.32 Å². The number of thiophene rings is 1. The molecule has 0 unspecified atom stereocenters. The number of benzene rings is 1. The summed E-state index contributed by atoms with van der Waals surface area (Å²) in [6.45, 7) is 1.72. The maximum Gasteiger partial charge on any atom is 0.349 e. The Bertz CT molecular complexity index is 959. The van der Waals surface area contributed by atoms with Gasteiger partial charge < -0.3 is 15.0 Å². The number of rotatable bonds is 4. The Morgan fingerprint density at radius 3 is 2.48 bits per heavy atom. The van der Waals surface area contributed by atoms with Crippen molar-refractivity contribution in [3.05, 3.63) is 80.4 Å². The van der Waals surface area contributed by atoms with Gasteiger partial charge in [-0.1, -0.05) is 6.07 Å². The van der Waals surface area contributed by atoms with Gasteiger partial charge in [-0.2, -0.15) is 0 Å². The second-order valence-electron chi connectivity index (χ2n) is 5.23. The summed E-state index contributed by atoms with van der Waals surface area (Å²) in [4.78, 5) is 38.9. The zero-order chi connectivity index (χ0) is 17.8. The Kier molecular flexibility index (Phi) is 4.76. The fraction of sp³-hybridized carbons (Fsp3) is 0.0556. The first-order valence-corrected chi connectivity index (χ1v) is 8.28. The third-order valence-electron chi connectivity index (χ3n) is 3.34. The molecule has 1 aromatic carbocycles. The van der Waals surface area contributed by atoms with Crippen molar-refractivity contribution < 1.29 is 14.3 Å². The first kappa shape index (κ1) is 16.7. The van der Waals surface area contributed by atoms with Gasteiger partial charge >= 0.3 is 5.97 Å². The third kappa shape index (κ3) is 4.02. The minimum absolute atomic E-state index is 0.0688. The molecule has 3 rings (SSSR count). The van der Waals surface area contributed by atoms with E-state index >= 15 is 0 Å². The van der Waals surface area contributed by atoms with Crippen LogP contribution in [0.5, 0.6) is 5.75 Å². The average molecular weight is 354 g/mol. The molecule has 7 heteroatoms. The van der Waals surface area contributed by atoms with Gasteiger partial charge in [-0.15, -0.1) is 11.3 Å². The number of carbonyl (C=O) groups is 2. The van der Waals surface area contributed by atoms with E-state index in [0.29, 0.717) is 16.3 Å². The minimum atomic E-state index is -0.739. The number of esters is 1. The summed E-state index contributed by atoms with van der Waals surface area (Å²) < 4.78 is 5.18. The number of aryl methyl sites for hydroxylation is 1. The molecule has 3 aromatic rings. The summed E-state index contributed by atoms with van der Waals surface area (Å²) in [7, 11) is 0. The van der Waals surface area contributed by atoms with Gasteiger partial charge in [0, 0.05) is 11.4 Å². The lowest BCUT2D eigenvalue weighted by atomic mass is 10.2. The second kappa shape index (κ2) is 7.14. The van der Waals surface area contributed by atoms with Crippen LogP contribution in [0.4, 0.5) is 5.69 Å². The molecule has 0 bridgehead atoms. The van der Waals surface area contributed by atoms with E-state index in [1.807, 2.05) is 5.38 Å². The van der Waals surface area contributed by atoms with Crippen LogP contribution < -0.4 is 15.6 Å². The van der Waals surface area contributed by atoms with Crippen LogP contribution in [0.2, 0.25) is 0 Å². The average Bonchev–Trinajstić information content (AvgIpc) is 3.11. The molecular weight excluding hydrogens is 340 g/mol. The van der Waals surface area contributed by atoms with E-state index < -0.39 is 11.5 Å². The molecule has 1 amide bonds. The van der Waals surface area contributed by atoms with Gasteiger partial charge in [0.1, 0.15) is 11.3 Å². The van der Waals surface area contributed by atoms with Gasteiger partial charge in [0.2, 0.25) is 0 Å². The molecule has 0 saturated heterocycles. The number of pyridine rings is 1. The number of amides is 1. The predicted octanol–water partition coefficient (Wildman–Crippen LogP) is 3.22. The number of ether oxygens (including phenoxy) is 1. The first-order chi connectivity index (χ1) is 12.0. The smallest absolute Gasteiger partial charge is 0.349 e. The predicted molar refractivity (Wildman–Crippen MR) is 95.5 cm³/mol. The van der Waals surface area contributed by atoms with Gasteiger partial charge in [0.15, 0.2) is 0 Å². The third-order valence-corrected chi connectivity index (χ3v) is 4.21. The Morgan fingerprint density at radius 2 is 1.84 bits per heavy atom. The van der Waals surface area contributed by atoms with Crippen molar-refractivity contribution in [3.63, 3.8) is 0 Å². The number of aromatic amines is 1. The van der Waals surface area contributed by atoms with E-state index in [-0.39, 0.29) is 17.2 Å². The fourth-order valence-corrected chi connectivity index (χ4v) is 2.72. The molecule has 0 aliphatic carbocycles. The summed E-state index contributed by atoms with van der Waals surface area (Å²) >= 11 is 1.35. The van der Waals surface area contributed by atoms with Gasteiger partial charge in [-0.3, -0.25) is 9.59 Å². The van der Waals surface area contributed by atoms with Crippen LogP contribution in [0.3, 0.4) is 0 Å². The SMILES string of the molecule is Cc1ccc(C(=O)Oc2ccc(NC(=O)c3cccs3)cc2)c(=O)[nH]1. The van der Waals surface area contributed by atoms with Crippen molar-refractivity contribution >= 4 is 28.9 Å². The molecule has 0 saturated carbocycles. The molecular formula is C18H14N2O4S. The molecule has 6 nitrogen and oxygen atoms in total. The van der Waals surface area contributed by atoms with Gasteiger partial charge in [-0.25, -0.2) is 4.79 Å². The summed E-state index contributed by atoms with van der Waals surface area (Å²) in [5, 5.41) is 4.57. The molecule has 126 valence electrons. The lowest BCUT2D eigenvalue weighted by Gasteiger charge is -2.06. The molecule has 2 aromatic heterocycles. The van der Waals surface area contributed by atoms with Crippen molar-refractivity contribution in [2.45, 2.75) is 6.92 Å². The van der Waals surface area contributed by atoms with Crippen LogP contribution in [-0.2, 0) is 0 Å².